The van der Waals surface area contributed by atoms with E-state index < -0.39 is 11.6 Å². The molecule has 4 nitrogen and oxygen atoms in total. The van der Waals surface area contributed by atoms with Crippen LogP contribution in [0.2, 0.25) is 0 Å². The fourth-order valence-electron chi connectivity index (χ4n) is 0.973. The van der Waals surface area contributed by atoms with E-state index in [0.717, 1.165) is 0 Å². The van der Waals surface area contributed by atoms with Crippen molar-refractivity contribution in [2.45, 2.75) is 51.5 Å². The van der Waals surface area contributed by atoms with Gasteiger partial charge in [-0.25, -0.2) is 0 Å². The maximum Gasteiger partial charge on any atom is 0.231 e. The van der Waals surface area contributed by atoms with Gasteiger partial charge in [0.05, 0.1) is 17.9 Å². The van der Waals surface area contributed by atoms with Crippen LogP contribution in [0.5, 0.6) is 0 Å². The molecule has 2 N–H and O–H groups in total. The first-order valence-electron chi connectivity index (χ1n) is 5.75. The highest BCUT2D eigenvalue weighted by Gasteiger charge is 2.29. The predicted molar refractivity (Wildman–Crippen MR) is 70.6 cm³/mol. The first kappa shape index (κ1) is 16.3. The number of amides is 1. The molecule has 98 valence electrons. The smallest absolute Gasteiger partial charge is 0.231 e. The lowest BCUT2D eigenvalue weighted by atomic mass is 9.90. The Bertz CT molecular complexity index is 299. The summed E-state index contributed by atoms with van der Waals surface area (Å²) in [7, 11) is 0. The summed E-state index contributed by atoms with van der Waals surface area (Å²) in [6.45, 7) is 9.08. The number of hydrogen-bond donors (Lipinski definition) is 2. The summed E-state index contributed by atoms with van der Waals surface area (Å²) < 4.78 is 0. The van der Waals surface area contributed by atoms with Crippen molar-refractivity contribution < 1.29 is 9.90 Å². The summed E-state index contributed by atoms with van der Waals surface area (Å²) >= 11 is 1.38. The van der Waals surface area contributed by atoms with Crippen molar-refractivity contribution in [2.75, 3.05) is 5.75 Å². The number of rotatable bonds is 6. The first-order valence-corrected chi connectivity index (χ1v) is 6.79. The highest BCUT2D eigenvalue weighted by Crippen LogP contribution is 2.17. The Morgan fingerprint density at radius 3 is 2.35 bits per heavy atom. The number of hydrogen-bond acceptors (Lipinski definition) is 4. The molecule has 0 saturated heterocycles. The van der Waals surface area contributed by atoms with Gasteiger partial charge in [0.1, 0.15) is 5.54 Å². The number of carbonyl (C=O) groups is 1. The normalized spacial score (nSPS) is 18.0. The van der Waals surface area contributed by atoms with E-state index in [2.05, 4.69) is 11.4 Å². The largest absolute Gasteiger partial charge is 0.392 e. The molecule has 0 aliphatic carbocycles. The second kappa shape index (κ2) is 6.87. The molecule has 17 heavy (non-hydrogen) atoms. The average molecular weight is 258 g/mol. The van der Waals surface area contributed by atoms with Crippen LogP contribution in [-0.2, 0) is 4.79 Å². The Morgan fingerprint density at radius 2 is 2.00 bits per heavy atom. The Kier molecular flexibility index (Phi) is 6.58. The van der Waals surface area contributed by atoms with Crippen molar-refractivity contribution in [2.24, 2.45) is 5.92 Å². The first-order chi connectivity index (χ1) is 7.73. The number of thioether (sulfide) groups is 1. The third-order valence-electron chi connectivity index (χ3n) is 2.94. The molecule has 0 aliphatic heterocycles. The molecular weight excluding hydrogens is 236 g/mol. The van der Waals surface area contributed by atoms with Crippen LogP contribution in [0.4, 0.5) is 0 Å². The molecule has 0 spiro atoms. The summed E-state index contributed by atoms with van der Waals surface area (Å²) in [6.07, 6.45) is -0.444. The van der Waals surface area contributed by atoms with E-state index in [0.29, 0.717) is 0 Å². The van der Waals surface area contributed by atoms with Crippen molar-refractivity contribution in [3.05, 3.63) is 0 Å². The lowest BCUT2D eigenvalue weighted by Crippen LogP contribution is -2.49. The summed E-state index contributed by atoms with van der Waals surface area (Å²) in [4.78, 5) is 11.7. The fraction of sp³-hybridized carbons (Fsp3) is 0.833. The Balaban J connectivity index is 4.24. The van der Waals surface area contributed by atoms with E-state index in [9.17, 15) is 9.90 Å². The molecule has 0 aromatic heterocycles. The third kappa shape index (κ3) is 5.42. The van der Waals surface area contributed by atoms with Crippen LogP contribution in [0, 0.1) is 17.2 Å². The van der Waals surface area contributed by atoms with Crippen LogP contribution in [0.3, 0.4) is 0 Å². The van der Waals surface area contributed by atoms with Crippen LogP contribution in [0.1, 0.15) is 34.6 Å². The van der Waals surface area contributed by atoms with Gasteiger partial charge in [0.15, 0.2) is 0 Å². The van der Waals surface area contributed by atoms with Crippen LogP contribution < -0.4 is 5.32 Å². The standard InChI is InChI=1S/C12H22N2O2S/c1-8(2)12(5,7-13)14-11(16)6-17-10(4)9(3)15/h8-10,15H,6H2,1-5H3,(H,14,16). The van der Waals surface area contributed by atoms with E-state index in [1.54, 1.807) is 13.8 Å². The molecule has 3 unspecified atom stereocenters. The molecule has 0 aromatic carbocycles. The fourth-order valence-corrected chi connectivity index (χ4v) is 1.74. The lowest BCUT2D eigenvalue weighted by Gasteiger charge is -2.27. The molecule has 0 rings (SSSR count). The zero-order chi connectivity index (χ0) is 13.6. The van der Waals surface area contributed by atoms with Crippen LogP contribution in [0.15, 0.2) is 0 Å². The van der Waals surface area contributed by atoms with Gasteiger partial charge < -0.3 is 10.4 Å². The minimum Gasteiger partial charge on any atom is -0.392 e. The topological polar surface area (TPSA) is 73.1 Å². The summed E-state index contributed by atoms with van der Waals surface area (Å²) in [6, 6.07) is 2.13. The summed E-state index contributed by atoms with van der Waals surface area (Å²) in [5.41, 5.74) is -0.828. The molecule has 0 fully saturated rings. The number of nitriles is 1. The highest BCUT2D eigenvalue weighted by molar-refractivity contribution is 8.00. The van der Waals surface area contributed by atoms with Crippen molar-refractivity contribution in [1.82, 2.24) is 5.32 Å². The minimum atomic E-state index is -0.828. The maximum absolute atomic E-state index is 11.7. The SMILES string of the molecule is CC(O)C(C)SCC(=O)NC(C)(C#N)C(C)C. The lowest BCUT2D eigenvalue weighted by molar-refractivity contribution is -0.120. The zero-order valence-electron chi connectivity index (χ0n) is 11.2. The number of aliphatic hydroxyl groups is 1. The molecule has 5 heteroatoms. The summed E-state index contributed by atoms with van der Waals surface area (Å²) in [5.74, 6) is 0.145. The molecule has 0 aromatic rings. The Morgan fingerprint density at radius 1 is 1.47 bits per heavy atom. The van der Waals surface area contributed by atoms with Crippen LogP contribution in [0.25, 0.3) is 0 Å². The van der Waals surface area contributed by atoms with Crippen molar-refractivity contribution in [1.29, 1.82) is 5.26 Å². The van der Waals surface area contributed by atoms with E-state index >= 15 is 0 Å². The van der Waals surface area contributed by atoms with Gasteiger partial charge in [-0.3, -0.25) is 4.79 Å². The monoisotopic (exact) mass is 258 g/mol. The molecule has 0 radical (unpaired) electrons. The van der Waals surface area contributed by atoms with Gasteiger partial charge >= 0.3 is 0 Å². The Labute approximate surface area is 108 Å². The van der Waals surface area contributed by atoms with Crippen molar-refractivity contribution >= 4 is 17.7 Å². The van der Waals surface area contributed by atoms with Gasteiger partial charge in [-0.2, -0.15) is 5.26 Å². The number of nitrogens with one attached hydrogen (secondary N) is 1. The van der Waals surface area contributed by atoms with Gasteiger partial charge in [-0.05, 0) is 19.8 Å². The van der Waals surface area contributed by atoms with E-state index in [-0.39, 0.29) is 22.8 Å². The second-order valence-corrected chi connectivity index (χ2v) is 6.14. The van der Waals surface area contributed by atoms with Crippen molar-refractivity contribution in [3.63, 3.8) is 0 Å². The molecule has 0 bridgehead atoms. The third-order valence-corrected chi connectivity index (χ3v) is 4.29. The zero-order valence-corrected chi connectivity index (χ0v) is 12.0. The highest BCUT2D eigenvalue weighted by atomic mass is 32.2. The molecule has 0 aliphatic rings. The van der Waals surface area contributed by atoms with E-state index in [1.807, 2.05) is 20.8 Å². The molecule has 3 atom stereocenters. The number of carbonyl (C=O) groups excluding carboxylic acids is 1. The van der Waals surface area contributed by atoms with E-state index in [4.69, 9.17) is 5.26 Å². The Hall–Kier alpha value is -0.730. The minimum absolute atomic E-state index is 0.00754. The maximum atomic E-state index is 11.7. The molecule has 1 amide bonds. The molecular formula is C12H22N2O2S. The summed E-state index contributed by atoms with van der Waals surface area (Å²) in [5, 5.41) is 21.1. The molecule has 0 saturated carbocycles. The number of aliphatic hydroxyl groups excluding tert-OH is 1. The quantitative estimate of drug-likeness (QED) is 0.758. The predicted octanol–water partition coefficient (Wildman–Crippen LogP) is 1.54. The van der Waals surface area contributed by atoms with Crippen LogP contribution in [-0.4, -0.2) is 33.7 Å². The van der Waals surface area contributed by atoms with Gasteiger partial charge in [0.25, 0.3) is 0 Å². The van der Waals surface area contributed by atoms with E-state index in [1.165, 1.54) is 11.8 Å². The average Bonchev–Trinajstić information content (AvgIpc) is 2.25. The van der Waals surface area contributed by atoms with Gasteiger partial charge in [-0.15, -0.1) is 11.8 Å². The second-order valence-electron chi connectivity index (χ2n) is 4.77. The van der Waals surface area contributed by atoms with Crippen molar-refractivity contribution in [3.8, 4) is 6.07 Å². The van der Waals surface area contributed by atoms with Gasteiger partial charge in [0.2, 0.25) is 5.91 Å². The molecule has 0 heterocycles. The van der Waals surface area contributed by atoms with Gasteiger partial charge in [-0.1, -0.05) is 20.8 Å². The van der Waals surface area contributed by atoms with Gasteiger partial charge in [0, 0.05) is 5.25 Å². The van der Waals surface area contributed by atoms with Crippen LogP contribution >= 0.6 is 11.8 Å². The number of nitrogens with zero attached hydrogens (tertiary/aromatic N) is 1.